The predicted molar refractivity (Wildman–Crippen MR) is 103 cm³/mol. The normalized spacial score (nSPS) is 15.2. The molecule has 0 saturated carbocycles. The summed E-state index contributed by atoms with van der Waals surface area (Å²) in [5, 5.41) is -9.85. The van der Waals surface area contributed by atoms with E-state index < -0.39 is 91.5 Å². The summed E-state index contributed by atoms with van der Waals surface area (Å²) in [6.07, 6.45) is -9.95. The molecule has 0 aromatic carbocycles. The second kappa shape index (κ2) is 13.5. The number of aromatic nitrogens is 2. The fraction of sp³-hybridized carbons (Fsp3) is 0.375. The minimum absolute atomic E-state index is 0. The number of hydrogen-bond acceptors (Lipinski definition) is 6. The van der Waals surface area contributed by atoms with Gasteiger partial charge in [0.25, 0.3) is 11.9 Å². The Bertz CT molecular complexity index is 1020. The van der Waals surface area contributed by atoms with Crippen molar-refractivity contribution in [2.45, 2.75) is 33.4 Å². The van der Waals surface area contributed by atoms with Crippen molar-refractivity contribution in [1.82, 2.24) is 9.97 Å². The maximum Gasteiger partial charge on any atom is 0.369 e. The SMILES string of the molecule is Fc1nc(C([S-])C([S-])C(F)(F)F)c(F)c(F)c1F.Fc1nc(C([S-])C([S-])C(F)(F)F)c(F)c(F)c1F.[Ni]. The van der Waals surface area contributed by atoms with Gasteiger partial charge in [-0.1, -0.05) is 10.5 Å². The molecule has 0 bridgehead atoms. The molecule has 2 aromatic heterocycles. The van der Waals surface area contributed by atoms with Crippen LogP contribution in [0.2, 0.25) is 0 Å². The van der Waals surface area contributed by atoms with Crippen molar-refractivity contribution in [3.05, 3.63) is 58.2 Å². The first kappa shape index (κ1) is 36.2. The van der Waals surface area contributed by atoms with E-state index in [1.165, 1.54) is 0 Å². The van der Waals surface area contributed by atoms with Gasteiger partial charge in [0.1, 0.15) is 0 Å². The average Bonchev–Trinajstić information content (AvgIpc) is 2.78. The van der Waals surface area contributed by atoms with Crippen LogP contribution >= 0.6 is 0 Å². The van der Waals surface area contributed by atoms with Gasteiger partial charge in [0.05, 0.1) is 11.4 Å². The first-order chi connectivity index (χ1) is 16.1. The molecular weight excluding hydrogens is 673 g/mol. The number of hydrogen-bond donors (Lipinski definition) is 0. The zero-order valence-corrected chi connectivity index (χ0v) is 20.7. The van der Waals surface area contributed by atoms with Gasteiger partial charge in [0.2, 0.25) is 23.3 Å². The Hall–Kier alpha value is -0.786. The summed E-state index contributed by atoms with van der Waals surface area (Å²) < 4.78 is 176. The van der Waals surface area contributed by atoms with E-state index in [4.69, 9.17) is 0 Å². The van der Waals surface area contributed by atoms with Gasteiger partial charge in [-0.2, -0.15) is 43.9 Å². The van der Waals surface area contributed by atoms with E-state index in [9.17, 15) is 61.5 Å². The number of halogens is 14. The third-order valence-corrected chi connectivity index (χ3v) is 6.17. The molecule has 0 spiro atoms. The minimum atomic E-state index is -4.97. The smallest absolute Gasteiger partial charge is 0.369 e. The van der Waals surface area contributed by atoms with Gasteiger partial charge in [0.15, 0.2) is 11.6 Å². The van der Waals surface area contributed by atoms with Crippen molar-refractivity contribution in [3.8, 4) is 0 Å². The molecule has 0 aliphatic heterocycles. The van der Waals surface area contributed by atoms with Crippen molar-refractivity contribution >= 4 is 50.5 Å². The monoisotopic (exact) mass is 676 g/mol. The summed E-state index contributed by atoms with van der Waals surface area (Å²) in [4.78, 5) is 5.08. The van der Waals surface area contributed by atoms with Crippen molar-refractivity contribution in [2.75, 3.05) is 0 Å². The van der Waals surface area contributed by atoms with Crippen LogP contribution in [0.3, 0.4) is 0 Å². The van der Waals surface area contributed by atoms with Crippen LogP contribution in [0.5, 0.6) is 0 Å². The third-order valence-electron chi connectivity index (χ3n) is 3.75. The summed E-state index contributed by atoms with van der Waals surface area (Å²) >= 11 is 16.5. The van der Waals surface area contributed by atoms with Crippen LogP contribution in [0.4, 0.5) is 61.5 Å². The molecular formula is C16H4F14N2NiS4-4. The standard InChI is InChI=1S/2C8H4F7NS2.Ni/c2*9-1-2(10)4(16-7(12)3(1)11)5(17)6(18)8(13,14)15;/h2*5-6,17-18H;/p-4. The number of alkyl halides is 6. The van der Waals surface area contributed by atoms with Crippen molar-refractivity contribution in [2.24, 2.45) is 0 Å². The van der Waals surface area contributed by atoms with E-state index in [1.54, 1.807) is 0 Å². The zero-order valence-electron chi connectivity index (χ0n) is 16.4. The molecule has 37 heavy (non-hydrogen) atoms. The molecule has 0 saturated heterocycles. The van der Waals surface area contributed by atoms with Gasteiger partial charge in [0, 0.05) is 16.5 Å². The average molecular weight is 677 g/mol. The molecule has 21 heteroatoms. The van der Waals surface area contributed by atoms with Crippen LogP contribution in [0.25, 0.3) is 0 Å². The first-order valence-corrected chi connectivity index (χ1v) is 10.2. The molecule has 0 N–H and O–H groups in total. The van der Waals surface area contributed by atoms with E-state index in [0.29, 0.717) is 0 Å². The summed E-state index contributed by atoms with van der Waals surface area (Å²) in [7, 11) is 0. The van der Waals surface area contributed by atoms with Gasteiger partial charge in [-0.15, -0.1) is 10.5 Å². The fourth-order valence-corrected chi connectivity index (χ4v) is 2.89. The van der Waals surface area contributed by atoms with E-state index >= 15 is 0 Å². The number of rotatable bonds is 4. The van der Waals surface area contributed by atoms with Crippen molar-refractivity contribution in [1.29, 1.82) is 0 Å². The number of pyridine rings is 2. The van der Waals surface area contributed by atoms with E-state index in [-0.39, 0.29) is 16.5 Å². The fourth-order valence-electron chi connectivity index (χ4n) is 2.01. The van der Waals surface area contributed by atoms with Crippen LogP contribution in [0.15, 0.2) is 0 Å². The summed E-state index contributed by atoms with van der Waals surface area (Å²) in [6, 6.07) is 0. The zero-order chi connectivity index (χ0) is 28.5. The summed E-state index contributed by atoms with van der Waals surface area (Å²) in [6.45, 7) is 0. The molecule has 0 amide bonds. The van der Waals surface area contributed by atoms with Crippen LogP contribution in [-0.4, -0.2) is 32.8 Å². The molecule has 2 nitrogen and oxygen atoms in total. The van der Waals surface area contributed by atoms with Gasteiger partial charge in [-0.05, 0) is 0 Å². The molecule has 0 aliphatic carbocycles. The molecule has 2 rings (SSSR count). The predicted octanol–water partition coefficient (Wildman–Crippen LogP) is 5.41. The molecule has 0 aliphatic rings. The summed E-state index contributed by atoms with van der Waals surface area (Å²) in [5.41, 5.74) is -2.75. The van der Waals surface area contributed by atoms with Crippen LogP contribution in [0, 0.1) is 46.8 Å². The minimum Gasteiger partial charge on any atom is -0.784 e. The van der Waals surface area contributed by atoms with Crippen molar-refractivity contribution in [3.63, 3.8) is 0 Å². The Kier molecular flexibility index (Phi) is 13.2. The largest absolute Gasteiger partial charge is 0.784 e. The van der Waals surface area contributed by atoms with Gasteiger partial charge < -0.3 is 50.5 Å². The molecule has 4 unspecified atom stereocenters. The Morgan fingerprint density at radius 1 is 0.459 bits per heavy atom. The Morgan fingerprint density at radius 2 is 0.703 bits per heavy atom. The van der Waals surface area contributed by atoms with Crippen LogP contribution < -0.4 is 0 Å². The molecule has 4 atom stereocenters. The quantitative estimate of drug-likeness (QED) is 0.186. The molecule has 2 aromatic rings. The molecule has 0 fully saturated rings. The Labute approximate surface area is 229 Å². The van der Waals surface area contributed by atoms with Gasteiger partial charge >= 0.3 is 12.4 Å². The van der Waals surface area contributed by atoms with Gasteiger partial charge in [-0.3, -0.25) is 0 Å². The van der Waals surface area contributed by atoms with E-state index in [2.05, 4.69) is 60.5 Å². The Morgan fingerprint density at radius 3 is 0.919 bits per heavy atom. The third kappa shape index (κ3) is 8.60. The second-order valence-corrected chi connectivity index (χ2v) is 8.26. The maximum atomic E-state index is 13.1. The molecule has 0 radical (unpaired) electrons. The molecule has 214 valence electrons. The summed E-state index contributed by atoms with van der Waals surface area (Å²) in [5.74, 6) is -17.3. The maximum absolute atomic E-state index is 13.1. The van der Waals surface area contributed by atoms with E-state index in [0.717, 1.165) is 0 Å². The van der Waals surface area contributed by atoms with Crippen molar-refractivity contribution < 1.29 is 78.0 Å². The Balaban J connectivity index is 0.000000682. The van der Waals surface area contributed by atoms with Crippen LogP contribution in [0.1, 0.15) is 21.9 Å². The van der Waals surface area contributed by atoms with Gasteiger partial charge in [-0.25, -0.2) is 27.5 Å². The van der Waals surface area contributed by atoms with Crippen LogP contribution in [-0.2, 0) is 67.0 Å². The second-order valence-electron chi connectivity index (χ2n) is 6.23. The molecule has 2 heterocycles. The van der Waals surface area contributed by atoms with E-state index in [1.807, 2.05) is 0 Å². The first-order valence-electron chi connectivity index (χ1n) is 8.30. The topological polar surface area (TPSA) is 25.8 Å². The number of nitrogens with zero attached hydrogens (tertiary/aromatic N) is 2.